The van der Waals surface area contributed by atoms with Gasteiger partial charge in [-0.25, -0.2) is 9.78 Å². The molecule has 0 saturated carbocycles. The molecule has 0 spiro atoms. The molecule has 5 nitrogen and oxygen atoms in total. The first-order valence-electron chi connectivity index (χ1n) is 7.73. The second-order valence-corrected chi connectivity index (χ2v) is 6.87. The van der Waals surface area contributed by atoms with Crippen LogP contribution in [0.15, 0.2) is 40.5 Å². The minimum atomic E-state index is -1.04. The summed E-state index contributed by atoms with van der Waals surface area (Å²) in [7, 11) is 0. The number of carboxylic acids is 1. The molecular formula is C18H18N2O3S. The lowest BCUT2D eigenvalue weighted by Gasteiger charge is -2.18. The normalized spacial score (nSPS) is 12.7. The molecule has 0 bridgehead atoms. The van der Waals surface area contributed by atoms with Crippen LogP contribution in [0.3, 0.4) is 0 Å². The van der Waals surface area contributed by atoms with Crippen molar-refractivity contribution in [2.45, 2.75) is 32.7 Å². The Morgan fingerprint density at radius 2 is 1.88 bits per heavy atom. The summed E-state index contributed by atoms with van der Waals surface area (Å²) in [6.45, 7) is 5.33. The van der Waals surface area contributed by atoms with Crippen LogP contribution in [0.2, 0.25) is 0 Å². The van der Waals surface area contributed by atoms with E-state index in [2.05, 4.69) is 4.98 Å². The molecule has 3 rings (SSSR count). The number of hydrogen-bond donors (Lipinski definition) is 1. The Bertz CT molecular complexity index is 958. The van der Waals surface area contributed by atoms with Crippen LogP contribution in [0, 0.1) is 0 Å². The maximum Gasteiger partial charge on any atom is 0.326 e. The SMILES string of the molecule is CC(C)c1nc2scc(-c3ccccc3)c2c(=O)n1C(C)C(=O)O. The average molecular weight is 342 g/mol. The number of carbonyl (C=O) groups is 1. The number of nitrogens with zero attached hydrogens (tertiary/aromatic N) is 2. The number of aromatic nitrogens is 2. The van der Waals surface area contributed by atoms with Crippen molar-refractivity contribution in [3.05, 3.63) is 51.9 Å². The van der Waals surface area contributed by atoms with Crippen LogP contribution in [0.25, 0.3) is 21.3 Å². The monoisotopic (exact) mass is 342 g/mol. The molecule has 0 saturated heterocycles. The second kappa shape index (κ2) is 6.20. The summed E-state index contributed by atoms with van der Waals surface area (Å²) >= 11 is 1.41. The highest BCUT2D eigenvalue weighted by Crippen LogP contribution is 2.32. The van der Waals surface area contributed by atoms with E-state index in [9.17, 15) is 14.7 Å². The molecule has 0 radical (unpaired) electrons. The quantitative estimate of drug-likeness (QED) is 0.780. The first-order valence-corrected chi connectivity index (χ1v) is 8.61. The van der Waals surface area contributed by atoms with Crippen molar-refractivity contribution >= 4 is 27.5 Å². The summed E-state index contributed by atoms with van der Waals surface area (Å²) in [6, 6.07) is 8.64. The maximum atomic E-state index is 13.1. The van der Waals surface area contributed by atoms with Gasteiger partial charge in [0, 0.05) is 16.9 Å². The van der Waals surface area contributed by atoms with Gasteiger partial charge in [-0.05, 0) is 12.5 Å². The van der Waals surface area contributed by atoms with Gasteiger partial charge in [0.2, 0.25) is 0 Å². The largest absolute Gasteiger partial charge is 0.480 e. The zero-order chi connectivity index (χ0) is 17.4. The maximum absolute atomic E-state index is 13.1. The molecule has 0 amide bonds. The zero-order valence-corrected chi connectivity index (χ0v) is 14.5. The third-order valence-corrected chi connectivity index (χ3v) is 4.89. The zero-order valence-electron chi connectivity index (χ0n) is 13.7. The minimum Gasteiger partial charge on any atom is -0.480 e. The molecule has 1 aromatic carbocycles. The van der Waals surface area contributed by atoms with Crippen molar-refractivity contribution in [3.8, 4) is 11.1 Å². The summed E-state index contributed by atoms with van der Waals surface area (Å²) in [4.78, 5) is 29.8. The highest BCUT2D eigenvalue weighted by molar-refractivity contribution is 7.17. The molecule has 1 atom stereocenters. The number of aliphatic carboxylic acids is 1. The first-order chi connectivity index (χ1) is 11.4. The summed E-state index contributed by atoms with van der Waals surface area (Å²) in [6.07, 6.45) is 0. The van der Waals surface area contributed by atoms with Crippen molar-refractivity contribution in [1.29, 1.82) is 0 Å². The lowest BCUT2D eigenvalue weighted by atomic mass is 10.1. The highest BCUT2D eigenvalue weighted by atomic mass is 32.1. The van der Waals surface area contributed by atoms with E-state index in [-0.39, 0.29) is 11.5 Å². The van der Waals surface area contributed by atoms with E-state index in [1.165, 1.54) is 22.8 Å². The fourth-order valence-electron chi connectivity index (χ4n) is 2.74. The predicted molar refractivity (Wildman–Crippen MR) is 95.8 cm³/mol. The molecule has 1 unspecified atom stereocenters. The number of hydrogen-bond acceptors (Lipinski definition) is 4. The molecule has 2 aromatic heterocycles. The van der Waals surface area contributed by atoms with Gasteiger partial charge in [-0.3, -0.25) is 9.36 Å². The Morgan fingerprint density at radius 1 is 1.21 bits per heavy atom. The predicted octanol–water partition coefficient (Wildman–Crippen LogP) is 3.89. The first kappa shape index (κ1) is 16.4. The van der Waals surface area contributed by atoms with Gasteiger partial charge in [0.05, 0.1) is 5.39 Å². The Labute approximate surface area is 143 Å². The lowest BCUT2D eigenvalue weighted by Crippen LogP contribution is -2.32. The Balaban J connectivity index is 2.37. The van der Waals surface area contributed by atoms with Gasteiger partial charge in [-0.15, -0.1) is 11.3 Å². The Kier molecular flexibility index (Phi) is 4.24. The van der Waals surface area contributed by atoms with Crippen molar-refractivity contribution in [2.24, 2.45) is 0 Å². The fourth-order valence-corrected chi connectivity index (χ4v) is 3.69. The van der Waals surface area contributed by atoms with Crippen LogP contribution in [-0.2, 0) is 4.79 Å². The number of fused-ring (bicyclic) bond motifs is 1. The third kappa shape index (κ3) is 2.63. The van der Waals surface area contributed by atoms with E-state index in [1.54, 1.807) is 0 Å². The van der Waals surface area contributed by atoms with Crippen molar-refractivity contribution in [3.63, 3.8) is 0 Å². The molecule has 6 heteroatoms. The number of carboxylic acid groups (broad SMARTS) is 1. The molecule has 1 N–H and O–H groups in total. The number of benzene rings is 1. The summed E-state index contributed by atoms with van der Waals surface area (Å²) in [5, 5.41) is 11.8. The van der Waals surface area contributed by atoms with Gasteiger partial charge < -0.3 is 5.11 Å². The molecule has 24 heavy (non-hydrogen) atoms. The van der Waals surface area contributed by atoms with Gasteiger partial charge in [0.1, 0.15) is 16.7 Å². The summed E-state index contributed by atoms with van der Waals surface area (Å²) in [5.41, 5.74) is 1.43. The van der Waals surface area contributed by atoms with Gasteiger partial charge in [-0.2, -0.15) is 0 Å². The molecule has 2 heterocycles. The molecule has 0 aliphatic heterocycles. The standard InChI is InChI=1S/C18H18N2O3S/c1-10(2)15-19-16-14(17(21)20(15)11(3)18(22)23)13(9-24-16)12-7-5-4-6-8-12/h4-11H,1-3H3,(H,22,23). The van der Waals surface area contributed by atoms with E-state index >= 15 is 0 Å². The Hall–Kier alpha value is -2.47. The van der Waals surface area contributed by atoms with E-state index in [1.807, 2.05) is 49.6 Å². The van der Waals surface area contributed by atoms with Crippen LogP contribution >= 0.6 is 11.3 Å². The van der Waals surface area contributed by atoms with Crippen molar-refractivity contribution in [1.82, 2.24) is 9.55 Å². The lowest BCUT2D eigenvalue weighted by molar-refractivity contribution is -0.140. The highest BCUT2D eigenvalue weighted by Gasteiger charge is 2.24. The van der Waals surface area contributed by atoms with Crippen molar-refractivity contribution < 1.29 is 9.90 Å². The summed E-state index contributed by atoms with van der Waals surface area (Å²) < 4.78 is 1.31. The van der Waals surface area contributed by atoms with Gasteiger partial charge in [-0.1, -0.05) is 44.2 Å². The second-order valence-electron chi connectivity index (χ2n) is 6.01. The van der Waals surface area contributed by atoms with E-state index in [4.69, 9.17) is 0 Å². The smallest absolute Gasteiger partial charge is 0.326 e. The molecule has 124 valence electrons. The number of thiophene rings is 1. The van der Waals surface area contributed by atoms with Crippen LogP contribution in [-0.4, -0.2) is 20.6 Å². The number of rotatable bonds is 4. The van der Waals surface area contributed by atoms with Crippen LogP contribution in [0.5, 0.6) is 0 Å². The van der Waals surface area contributed by atoms with Gasteiger partial charge in [0.25, 0.3) is 5.56 Å². The van der Waals surface area contributed by atoms with E-state index in [0.29, 0.717) is 16.0 Å². The van der Waals surface area contributed by atoms with E-state index < -0.39 is 12.0 Å². The van der Waals surface area contributed by atoms with E-state index in [0.717, 1.165) is 11.1 Å². The van der Waals surface area contributed by atoms with Crippen LogP contribution in [0.1, 0.15) is 38.6 Å². The van der Waals surface area contributed by atoms with Crippen molar-refractivity contribution in [2.75, 3.05) is 0 Å². The van der Waals surface area contributed by atoms with Crippen LogP contribution in [0.4, 0.5) is 0 Å². The fraction of sp³-hybridized carbons (Fsp3) is 0.278. The molecular weight excluding hydrogens is 324 g/mol. The summed E-state index contributed by atoms with van der Waals surface area (Å²) in [5.74, 6) is -0.591. The molecule has 0 aliphatic rings. The Morgan fingerprint density at radius 3 is 2.46 bits per heavy atom. The molecule has 0 aliphatic carbocycles. The van der Waals surface area contributed by atoms with Crippen LogP contribution < -0.4 is 5.56 Å². The van der Waals surface area contributed by atoms with Gasteiger partial charge >= 0.3 is 5.97 Å². The molecule has 3 aromatic rings. The third-order valence-electron chi connectivity index (χ3n) is 4.01. The van der Waals surface area contributed by atoms with Gasteiger partial charge in [0.15, 0.2) is 0 Å². The average Bonchev–Trinajstić information content (AvgIpc) is 2.99. The topological polar surface area (TPSA) is 72.2 Å². The minimum absolute atomic E-state index is 0.0498. The molecule has 0 fully saturated rings.